The largest absolute Gasteiger partial charge is 0.396 e. The van der Waals surface area contributed by atoms with Crippen LogP contribution in [0.5, 0.6) is 0 Å². The van der Waals surface area contributed by atoms with Crippen molar-refractivity contribution in [2.75, 3.05) is 11.9 Å². The number of amides is 1. The molecule has 0 saturated heterocycles. The smallest absolute Gasteiger partial charge is 0.224 e. The molecule has 0 spiro atoms. The van der Waals surface area contributed by atoms with Crippen LogP contribution in [-0.4, -0.2) is 27.2 Å². The van der Waals surface area contributed by atoms with Gasteiger partial charge in [0, 0.05) is 25.4 Å². The van der Waals surface area contributed by atoms with Gasteiger partial charge in [0.25, 0.3) is 0 Å². The number of benzene rings is 1. The van der Waals surface area contributed by atoms with Crippen LogP contribution in [0.2, 0.25) is 0 Å². The first-order chi connectivity index (χ1) is 9.31. The first-order valence-electron chi connectivity index (χ1n) is 6.29. The van der Waals surface area contributed by atoms with E-state index in [0.717, 1.165) is 11.4 Å². The molecule has 0 saturated carbocycles. The number of carbonyl (C=O) groups is 1. The minimum Gasteiger partial charge on any atom is -0.396 e. The van der Waals surface area contributed by atoms with Crippen molar-refractivity contribution in [3.8, 4) is 5.69 Å². The number of para-hydroxylation sites is 2. The quantitative estimate of drug-likeness (QED) is 0.779. The van der Waals surface area contributed by atoms with Gasteiger partial charge in [0.05, 0.1) is 17.7 Å². The molecule has 0 aliphatic heterocycles. The minimum absolute atomic E-state index is 0.0407. The van der Waals surface area contributed by atoms with Crippen molar-refractivity contribution >= 4 is 11.6 Å². The van der Waals surface area contributed by atoms with Crippen LogP contribution in [0.1, 0.15) is 19.3 Å². The molecular weight excluding hydrogens is 242 g/mol. The van der Waals surface area contributed by atoms with Crippen molar-refractivity contribution in [1.82, 2.24) is 9.55 Å². The average molecular weight is 259 g/mol. The fourth-order valence-corrected chi connectivity index (χ4v) is 1.82. The number of imidazole rings is 1. The predicted molar refractivity (Wildman–Crippen MR) is 73.1 cm³/mol. The summed E-state index contributed by atoms with van der Waals surface area (Å²) in [5, 5.41) is 11.6. The molecular formula is C14H17N3O2. The zero-order valence-electron chi connectivity index (χ0n) is 10.6. The summed E-state index contributed by atoms with van der Waals surface area (Å²) in [5.74, 6) is -0.0407. The van der Waals surface area contributed by atoms with Gasteiger partial charge >= 0.3 is 0 Å². The van der Waals surface area contributed by atoms with Crippen molar-refractivity contribution in [1.29, 1.82) is 0 Å². The second-order valence-electron chi connectivity index (χ2n) is 4.22. The Labute approximate surface area is 111 Å². The molecule has 1 aromatic carbocycles. The summed E-state index contributed by atoms with van der Waals surface area (Å²) in [6, 6.07) is 7.57. The maximum atomic E-state index is 11.8. The van der Waals surface area contributed by atoms with E-state index in [-0.39, 0.29) is 12.5 Å². The Hall–Kier alpha value is -2.14. The molecule has 0 fully saturated rings. The molecule has 0 aliphatic carbocycles. The molecule has 2 aromatic rings. The third-order valence-electron chi connectivity index (χ3n) is 2.77. The summed E-state index contributed by atoms with van der Waals surface area (Å²) in [7, 11) is 0. The van der Waals surface area contributed by atoms with Crippen molar-refractivity contribution in [2.45, 2.75) is 19.3 Å². The van der Waals surface area contributed by atoms with Crippen LogP contribution in [-0.2, 0) is 4.79 Å². The topological polar surface area (TPSA) is 67.2 Å². The van der Waals surface area contributed by atoms with E-state index < -0.39 is 0 Å². The zero-order chi connectivity index (χ0) is 13.5. The molecule has 2 N–H and O–H groups in total. The van der Waals surface area contributed by atoms with E-state index in [4.69, 9.17) is 5.11 Å². The van der Waals surface area contributed by atoms with Gasteiger partial charge < -0.3 is 15.0 Å². The highest BCUT2D eigenvalue weighted by Gasteiger charge is 2.07. The molecule has 0 aliphatic rings. The second kappa shape index (κ2) is 6.70. The Morgan fingerprint density at radius 3 is 2.89 bits per heavy atom. The van der Waals surface area contributed by atoms with Crippen LogP contribution in [0.15, 0.2) is 43.0 Å². The van der Waals surface area contributed by atoms with E-state index in [9.17, 15) is 4.79 Å². The fraction of sp³-hybridized carbons (Fsp3) is 0.286. The molecule has 100 valence electrons. The summed E-state index contributed by atoms with van der Waals surface area (Å²) in [6.45, 7) is 0.124. The van der Waals surface area contributed by atoms with Gasteiger partial charge in [-0.1, -0.05) is 12.1 Å². The van der Waals surface area contributed by atoms with Crippen LogP contribution in [0.4, 0.5) is 5.69 Å². The number of unbranched alkanes of at least 4 members (excludes halogenated alkanes) is 1. The summed E-state index contributed by atoms with van der Waals surface area (Å²) in [5.41, 5.74) is 1.64. The number of rotatable bonds is 6. The van der Waals surface area contributed by atoms with Gasteiger partial charge in [-0.25, -0.2) is 4.98 Å². The average Bonchev–Trinajstić information content (AvgIpc) is 2.93. The second-order valence-corrected chi connectivity index (χ2v) is 4.22. The molecule has 2 rings (SSSR count). The third kappa shape index (κ3) is 3.66. The fourth-order valence-electron chi connectivity index (χ4n) is 1.82. The van der Waals surface area contributed by atoms with E-state index in [2.05, 4.69) is 10.3 Å². The van der Waals surface area contributed by atoms with Crippen LogP contribution in [0.25, 0.3) is 5.69 Å². The lowest BCUT2D eigenvalue weighted by Crippen LogP contribution is -2.13. The van der Waals surface area contributed by atoms with E-state index in [1.807, 2.05) is 35.0 Å². The standard InChI is InChI=1S/C14H17N3O2/c18-10-4-3-7-14(19)16-12-5-1-2-6-13(12)17-9-8-15-11-17/h1-2,5-6,8-9,11,18H,3-4,7,10H2,(H,16,19). The first-order valence-corrected chi connectivity index (χ1v) is 6.29. The number of aliphatic hydroxyl groups is 1. The molecule has 1 heterocycles. The van der Waals surface area contributed by atoms with Crippen molar-refractivity contribution in [3.05, 3.63) is 43.0 Å². The van der Waals surface area contributed by atoms with Gasteiger partial charge in [0.15, 0.2) is 0 Å². The molecule has 0 atom stereocenters. The maximum absolute atomic E-state index is 11.8. The summed E-state index contributed by atoms with van der Waals surface area (Å²) in [4.78, 5) is 15.8. The van der Waals surface area contributed by atoms with E-state index >= 15 is 0 Å². The number of anilines is 1. The number of carbonyl (C=O) groups excluding carboxylic acids is 1. The van der Waals surface area contributed by atoms with Gasteiger partial charge in [-0.2, -0.15) is 0 Å². The zero-order valence-corrected chi connectivity index (χ0v) is 10.6. The highest BCUT2D eigenvalue weighted by atomic mass is 16.2. The Bertz CT molecular complexity index is 523. The normalized spacial score (nSPS) is 10.4. The van der Waals surface area contributed by atoms with Gasteiger partial charge in [0.1, 0.15) is 0 Å². The lowest BCUT2D eigenvalue weighted by molar-refractivity contribution is -0.116. The lowest BCUT2D eigenvalue weighted by atomic mass is 10.2. The molecule has 1 aromatic heterocycles. The van der Waals surface area contributed by atoms with Crippen LogP contribution in [0, 0.1) is 0 Å². The third-order valence-corrected chi connectivity index (χ3v) is 2.77. The molecule has 5 heteroatoms. The van der Waals surface area contributed by atoms with E-state index in [1.165, 1.54) is 0 Å². The molecule has 0 radical (unpaired) electrons. The lowest BCUT2D eigenvalue weighted by Gasteiger charge is -2.11. The monoisotopic (exact) mass is 259 g/mol. The number of aliphatic hydroxyl groups excluding tert-OH is 1. The number of hydrogen-bond donors (Lipinski definition) is 2. The van der Waals surface area contributed by atoms with Crippen LogP contribution in [0.3, 0.4) is 0 Å². The summed E-state index contributed by atoms with van der Waals surface area (Å²) in [6.07, 6.45) is 6.97. The van der Waals surface area contributed by atoms with Crippen molar-refractivity contribution in [2.24, 2.45) is 0 Å². The number of hydrogen-bond acceptors (Lipinski definition) is 3. The van der Waals surface area contributed by atoms with E-state index in [0.29, 0.717) is 19.3 Å². The predicted octanol–water partition coefficient (Wildman–Crippen LogP) is 1.97. The highest BCUT2D eigenvalue weighted by Crippen LogP contribution is 2.19. The molecule has 19 heavy (non-hydrogen) atoms. The Morgan fingerprint density at radius 2 is 2.16 bits per heavy atom. The molecule has 5 nitrogen and oxygen atoms in total. The first kappa shape index (κ1) is 13.3. The van der Waals surface area contributed by atoms with Gasteiger partial charge in [-0.3, -0.25) is 4.79 Å². The maximum Gasteiger partial charge on any atom is 0.224 e. The highest BCUT2D eigenvalue weighted by molar-refractivity contribution is 5.92. The molecule has 0 bridgehead atoms. The Morgan fingerprint density at radius 1 is 1.32 bits per heavy atom. The van der Waals surface area contributed by atoms with E-state index in [1.54, 1.807) is 12.5 Å². The van der Waals surface area contributed by atoms with Crippen molar-refractivity contribution in [3.63, 3.8) is 0 Å². The number of aromatic nitrogens is 2. The van der Waals surface area contributed by atoms with Gasteiger partial charge in [-0.05, 0) is 25.0 Å². The number of nitrogens with zero attached hydrogens (tertiary/aromatic N) is 2. The minimum atomic E-state index is -0.0407. The molecule has 0 unspecified atom stereocenters. The van der Waals surface area contributed by atoms with Crippen LogP contribution < -0.4 is 5.32 Å². The van der Waals surface area contributed by atoms with Crippen LogP contribution >= 0.6 is 0 Å². The van der Waals surface area contributed by atoms with Gasteiger partial charge in [-0.15, -0.1) is 0 Å². The Kier molecular flexibility index (Phi) is 4.69. The summed E-state index contributed by atoms with van der Waals surface area (Å²) < 4.78 is 1.85. The molecule has 1 amide bonds. The van der Waals surface area contributed by atoms with Gasteiger partial charge in [0.2, 0.25) is 5.91 Å². The number of nitrogens with one attached hydrogen (secondary N) is 1. The summed E-state index contributed by atoms with van der Waals surface area (Å²) >= 11 is 0. The SMILES string of the molecule is O=C(CCCCO)Nc1ccccc1-n1ccnc1. The van der Waals surface area contributed by atoms with Crippen molar-refractivity contribution < 1.29 is 9.90 Å². The Balaban J connectivity index is 2.06.